The van der Waals surface area contributed by atoms with E-state index >= 15 is 0 Å². The second-order valence-electron chi connectivity index (χ2n) is 8.04. The van der Waals surface area contributed by atoms with Gasteiger partial charge in [0.1, 0.15) is 6.04 Å². The SMILES string of the molecule is O=C(O)C(CNC(=O)C1CC(CCNc2ncc[nH]2)NO1)NS(=O)(=O)c1cccc2ccccc12. The molecule has 3 aromatic rings. The number of benzene rings is 2. The normalized spacial score (nSPS) is 18.9. The number of nitrogens with zero attached hydrogens (tertiary/aromatic N) is 1. The van der Waals surface area contributed by atoms with E-state index in [4.69, 9.17) is 4.84 Å². The summed E-state index contributed by atoms with van der Waals surface area (Å²) in [7, 11) is -4.18. The first-order valence-corrected chi connectivity index (χ1v) is 12.5. The lowest BCUT2D eigenvalue weighted by Gasteiger charge is -2.17. The van der Waals surface area contributed by atoms with Crippen molar-refractivity contribution in [2.45, 2.75) is 35.9 Å². The van der Waals surface area contributed by atoms with E-state index in [1.54, 1.807) is 48.8 Å². The van der Waals surface area contributed by atoms with Crippen molar-refractivity contribution in [2.24, 2.45) is 0 Å². The zero-order valence-corrected chi connectivity index (χ0v) is 19.4. The Bertz CT molecular complexity index is 1280. The zero-order valence-electron chi connectivity index (χ0n) is 18.6. The molecule has 1 aliphatic rings. The maximum Gasteiger partial charge on any atom is 0.323 e. The number of hydrogen-bond donors (Lipinski definition) is 6. The fraction of sp³-hybridized carbons (Fsp3) is 0.318. The number of sulfonamides is 1. The monoisotopic (exact) mass is 502 g/mol. The Morgan fingerprint density at radius 3 is 2.77 bits per heavy atom. The number of fused-ring (bicyclic) bond motifs is 1. The van der Waals surface area contributed by atoms with Crippen molar-refractivity contribution in [3.05, 3.63) is 54.9 Å². The number of rotatable bonds is 11. The van der Waals surface area contributed by atoms with Crippen LogP contribution in [-0.2, 0) is 24.4 Å². The first-order chi connectivity index (χ1) is 16.8. The molecule has 0 bridgehead atoms. The molecule has 12 nitrogen and oxygen atoms in total. The molecule has 1 aliphatic heterocycles. The highest BCUT2D eigenvalue weighted by atomic mass is 32.2. The molecule has 0 spiro atoms. The van der Waals surface area contributed by atoms with Crippen LogP contribution >= 0.6 is 0 Å². The number of aromatic nitrogens is 2. The molecule has 35 heavy (non-hydrogen) atoms. The zero-order chi connectivity index (χ0) is 24.8. The van der Waals surface area contributed by atoms with Gasteiger partial charge in [-0.2, -0.15) is 10.2 Å². The average molecular weight is 503 g/mol. The summed E-state index contributed by atoms with van der Waals surface area (Å²) in [6.07, 6.45) is 3.55. The van der Waals surface area contributed by atoms with Gasteiger partial charge in [0, 0.05) is 43.3 Å². The third-order valence-electron chi connectivity index (χ3n) is 5.57. The Labute approximate surface area is 201 Å². The Morgan fingerprint density at radius 2 is 2.00 bits per heavy atom. The maximum atomic E-state index is 13.0. The lowest BCUT2D eigenvalue weighted by Crippen LogP contribution is -2.50. The number of H-pyrrole nitrogens is 1. The number of hydroxylamine groups is 1. The van der Waals surface area contributed by atoms with Gasteiger partial charge in [-0.25, -0.2) is 13.4 Å². The summed E-state index contributed by atoms with van der Waals surface area (Å²) in [6, 6.07) is 9.98. The summed E-state index contributed by atoms with van der Waals surface area (Å²) < 4.78 is 28.1. The molecule has 13 heteroatoms. The van der Waals surface area contributed by atoms with E-state index in [-0.39, 0.29) is 10.9 Å². The molecule has 6 N–H and O–H groups in total. The van der Waals surface area contributed by atoms with Crippen LogP contribution in [0.3, 0.4) is 0 Å². The predicted molar refractivity (Wildman–Crippen MR) is 127 cm³/mol. The van der Waals surface area contributed by atoms with E-state index in [0.29, 0.717) is 36.1 Å². The summed E-state index contributed by atoms with van der Waals surface area (Å²) in [5, 5.41) is 16.3. The van der Waals surface area contributed by atoms with Crippen LogP contribution in [-0.4, -0.2) is 66.6 Å². The number of anilines is 1. The van der Waals surface area contributed by atoms with Crippen LogP contribution in [0.15, 0.2) is 59.8 Å². The van der Waals surface area contributed by atoms with Gasteiger partial charge < -0.3 is 20.7 Å². The van der Waals surface area contributed by atoms with Crippen LogP contribution in [0, 0.1) is 0 Å². The van der Waals surface area contributed by atoms with Crippen LogP contribution in [0.25, 0.3) is 10.8 Å². The number of hydrogen-bond acceptors (Lipinski definition) is 8. The summed E-state index contributed by atoms with van der Waals surface area (Å²) in [5.41, 5.74) is 2.80. The number of carbonyl (C=O) groups excluding carboxylic acids is 1. The van der Waals surface area contributed by atoms with Gasteiger partial charge >= 0.3 is 5.97 Å². The fourth-order valence-corrected chi connectivity index (χ4v) is 5.19. The number of aliphatic carboxylic acids is 1. The third-order valence-corrected chi connectivity index (χ3v) is 7.10. The van der Waals surface area contributed by atoms with Gasteiger partial charge in [0.25, 0.3) is 5.91 Å². The van der Waals surface area contributed by atoms with Crippen molar-refractivity contribution >= 4 is 38.6 Å². The minimum atomic E-state index is -4.18. The van der Waals surface area contributed by atoms with Crippen LogP contribution in [0.5, 0.6) is 0 Å². The molecule has 3 unspecified atom stereocenters. The van der Waals surface area contributed by atoms with Crippen molar-refractivity contribution in [1.29, 1.82) is 0 Å². The molecule has 0 aliphatic carbocycles. The standard InChI is InChI=1S/C22H26N6O6S/c29-20(18-12-15(27-34-18)8-9-23-22-24-10-11-25-22)26-13-17(21(30)31)28-35(32,33)19-7-3-5-14-4-1-2-6-16(14)19/h1-7,10-11,15,17-18,27-28H,8-9,12-13H2,(H,26,29)(H,30,31)(H2,23,24,25). The number of nitrogens with one attached hydrogen (secondary N) is 5. The van der Waals surface area contributed by atoms with Gasteiger partial charge in [0.15, 0.2) is 12.1 Å². The molecule has 1 fully saturated rings. The van der Waals surface area contributed by atoms with E-state index in [1.165, 1.54) is 6.07 Å². The molecule has 1 aromatic heterocycles. The molecule has 2 aromatic carbocycles. The maximum absolute atomic E-state index is 13.0. The number of carbonyl (C=O) groups is 2. The number of imidazole rings is 1. The molecule has 0 saturated carbocycles. The van der Waals surface area contributed by atoms with E-state index in [2.05, 4.69) is 30.8 Å². The topological polar surface area (TPSA) is 175 Å². The average Bonchev–Trinajstić information content (AvgIpc) is 3.53. The number of aromatic amines is 1. The van der Waals surface area contributed by atoms with Gasteiger partial charge in [0.05, 0.1) is 4.90 Å². The van der Waals surface area contributed by atoms with Gasteiger partial charge in [-0.15, -0.1) is 0 Å². The molecule has 4 rings (SSSR count). The van der Waals surface area contributed by atoms with Crippen molar-refractivity contribution < 1.29 is 28.0 Å². The quantitative estimate of drug-likeness (QED) is 0.219. The number of carboxylic acids is 1. The van der Waals surface area contributed by atoms with Gasteiger partial charge in [-0.1, -0.05) is 36.4 Å². The summed E-state index contributed by atoms with van der Waals surface area (Å²) in [4.78, 5) is 36.5. The van der Waals surface area contributed by atoms with Crippen LogP contribution < -0.4 is 20.8 Å². The molecule has 1 amide bonds. The number of carboxylic acid groups (broad SMARTS) is 1. The molecule has 0 radical (unpaired) electrons. The molecule has 1 saturated heterocycles. The van der Waals surface area contributed by atoms with E-state index in [0.717, 1.165) is 0 Å². The third kappa shape index (κ3) is 6.14. The highest BCUT2D eigenvalue weighted by molar-refractivity contribution is 7.89. The second kappa shape index (κ2) is 10.8. The molecular weight excluding hydrogens is 476 g/mol. The summed E-state index contributed by atoms with van der Waals surface area (Å²) in [5.74, 6) is -1.31. The highest BCUT2D eigenvalue weighted by Gasteiger charge is 2.32. The molecular formula is C22H26N6O6S. The van der Waals surface area contributed by atoms with Crippen molar-refractivity contribution in [1.82, 2.24) is 25.5 Å². The molecule has 2 heterocycles. The molecule has 3 atom stereocenters. The Kier molecular flexibility index (Phi) is 7.60. The van der Waals surface area contributed by atoms with Crippen LogP contribution in [0.1, 0.15) is 12.8 Å². The smallest absolute Gasteiger partial charge is 0.323 e. The van der Waals surface area contributed by atoms with Gasteiger partial charge in [-0.3, -0.25) is 14.4 Å². The van der Waals surface area contributed by atoms with E-state index < -0.39 is 40.6 Å². The predicted octanol–water partition coefficient (Wildman–Crippen LogP) is 0.575. The highest BCUT2D eigenvalue weighted by Crippen LogP contribution is 2.23. The van der Waals surface area contributed by atoms with Crippen LogP contribution in [0.2, 0.25) is 0 Å². The summed E-state index contributed by atoms with van der Waals surface area (Å²) >= 11 is 0. The Hall–Kier alpha value is -3.52. The van der Waals surface area contributed by atoms with Gasteiger partial charge in [0.2, 0.25) is 10.0 Å². The minimum Gasteiger partial charge on any atom is -0.480 e. The van der Waals surface area contributed by atoms with E-state index in [1.807, 2.05) is 0 Å². The van der Waals surface area contributed by atoms with Crippen molar-refractivity contribution in [3.63, 3.8) is 0 Å². The van der Waals surface area contributed by atoms with Crippen molar-refractivity contribution in [2.75, 3.05) is 18.4 Å². The van der Waals surface area contributed by atoms with Gasteiger partial charge in [-0.05, 0) is 17.9 Å². The first-order valence-electron chi connectivity index (χ1n) is 11.0. The van der Waals surface area contributed by atoms with Crippen LogP contribution in [0.4, 0.5) is 5.95 Å². The summed E-state index contributed by atoms with van der Waals surface area (Å²) in [6.45, 7) is 0.155. The minimum absolute atomic E-state index is 0.0393. The van der Waals surface area contributed by atoms with Crippen molar-refractivity contribution in [3.8, 4) is 0 Å². The molecule has 186 valence electrons. The lowest BCUT2D eigenvalue weighted by atomic mass is 10.1. The fourth-order valence-electron chi connectivity index (χ4n) is 3.77. The lowest BCUT2D eigenvalue weighted by molar-refractivity contribution is -0.139. The Balaban J connectivity index is 1.31. The second-order valence-corrected chi connectivity index (χ2v) is 9.73. The van der Waals surface area contributed by atoms with E-state index in [9.17, 15) is 23.1 Å². The largest absolute Gasteiger partial charge is 0.480 e. The Morgan fingerprint density at radius 1 is 1.20 bits per heavy atom. The number of amides is 1. The first kappa shape index (κ1) is 24.6.